The van der Waals surface area contributed by atoms with Gasteiger partial charge < -0.3 is 19.4 Å². The lowest BCUT2D eigenvalue weighted by Gasteiger charge is -2.33. The minimum Gasteiger partial charge on any atom is -0.459 e. The molecule has 178 valence electrons. The van der Waals surface area contributed by atoms with E-state index in [0.717, 1.165) is 5.56 Å². The fourth-order valence-electron chi connectivity index (χ4n) is 3.76. The second kappa shape index (κ2) is 10.2. The summed E-state index contributed by atoms with van der Waals surface area (Å²) < 4.78 is 34.1. The number of benzene rings is 1. The molecule has 2 heterocycles. The molecule has 1 aliphatic heterocycles. The number of nitrogens with one attached hydrogen (secondary N) is 1. The van der Waals surface area contributed by atoms with Crippen LogP contribution in [0, 0.1) is 6.92 Å². The number of carbonyl (C=O) groups is 3. The molecule has 2 atom stereocenters. The maximum absolute atomic E-state index is 12.9. The summed E-state index contributed by atoms with van der Waals surface area (Å²) in [7, 11) is -3.17. The van der Waals surface area contributed by atoms with Crippen LogP contribution in [0.15, 0.2) is 41.0 Å². The lowest BCUT2D eigenvalue weighted by Crippen LogP contribution is -2.48. The third-order valence-corrected chi connectivity index (χ3v) is 7.50. The first-order valence-corrected chi connectivity index (χ1v) is 12.6. The molecule has 9 nitrogen and oxygen atoms in total. The number of anilines is 1. The van der Waals surface area contributed by atoms with E-state index in [2.05, 4.69) is 5.32 Å². The third-order valence-electron chi connectivity index (χ3n) is 5.75. The molecule has 1 saturated heterocycles. The van der Waals surface area contributed by atoms with Gasteiger partial charge in [0.2, 0.25) is 0 Å². The van der Waals surface area contributed by atoms with E-state index in [9.17, 15) is 22.8 Å². The summed E-state index contributed by atoms with van der Waals surface area (Å²) in [6.45, 7) is 5.03. The smallest absolute Gasteiger partial charge is 0.338 e. The molecule has 3 rings (SSSR count). The quantitative estimate of drug-likeness (QED) is 0.581. The van der Waals surface area contributed by atoms with Gasteiger partial charge in [-0.05, 0) is 56.5 Å². The number of hydrogen-bond donors (Lipinski definition) is 1. The molecule has 1 aromatic carbocycles. The Hall–Kier alpha value is -3.14. The fourth-order valence-corrected chi connectivity index (χ4v) is 5.47. The summed E-state index contributed by atoms with van der Waals surface area (Å²) in [6.07, 6.45) is 2.41. The molecule has 1 fully saturated rings. The Bertz CT molecular complexity index is 1130. The zero-order valence-corrected chi connectivity index (χ0v) is 19.7. The predicted octanol–water partition coefficient (Wildman–Crippen LogP) is 2.81. The number of sulfone groups is 1. The molecule has 0 saturated carbocycles. The van der Waals surface area contributed by atoms with Crippen molar-refractivity contribution in [1.29, 1.82) is 0 Å². The van der Waals surface area contributed by atoms with Gasteiger partial charge in [-0.1, -0.05) is 13.0 Å². The minimum absolute atomic E-state index is 0.0491. The zero-order chi connectivity index (χ0) is 24.2. The van der Waals surface area contributed by atoms with Gasteiger partial charge >= 0.3 is 5.97 Å². The van der Waals surface area contributed by atoms with Crippen molar-refractivity contribution >= 4 is 33.3 Å². The molecule has 1 aliphatic rings. The van der Waals surface area contributed by atoms with Crippen LogP contribution in [0.25, 0.3) is 0 Å². The van der Waals surface area contributed by atoms with Crippen molar-refractivity contribution in [2.24, 2.45) is 0 Å². The van der Waals surface area contributed by atoms with Gasteiger partial charge in [-0.25, -0.2) is 13.2 Å². The molecular weight excluding hydrogens is 448 g/mol. The maximum Gasteiger partial charge on any atom is 0.338 e. The van der Waals surface area contributed by atoms with Crippen LogP contribution in [-0.4, -0.2) is 61.3 Å². The van der Waals surface area contributed by atoms with Crippen LogP contribution in [-0.2, 0) is 19.4 Å². The normalized spacial score (nSPS) is 17.8. The molecule has 1 N–H and O–H groups in total. The average Bonchev–Trinajstić information content (AvgIpc) is 3.43. The highest BCUT2D eigenvalue weighted by molar-refractivity contribution is 7.91. The van der Waals surface area contributed by atoms with Crippen LogP contribution in [0.5, 0.6) is 0 Å². The molecule has 0 aliphatic carbocycles. The number of rotatable bonds is 8. The van der Waals surface area contributed by atoms with Crippen LogP contribution in [0.4, 0.5) is 5.69 Å². The van der Waals surface area contributed by atoms with E-state index >= 15 is 0 Å². The van der Waals surface area contributed by atoms with Crippen molar-refractivity contribution in [1.82, 2.24) is 4.90 Å². The van der Waals surface area contributed by atoms with Crippen LogP contribution < -0.4 is 5.32 Å². The molecule has 0 spiro atoms. The molecule has 0 radical (unpaired) electrons. The summed E-state index contributed by atoms with van der Waals surface area (Å²) in [6, 6.07) is 7.18. The van der Waals surface area contributed by atoms with E-state index in [1.807, 2.05) is 13.8 Å². The maximum atomic E-state index is 12.9. The van der Waals surface area contributed by atoms with E-state index < -0.39 is 40.3 Å². The van der Waals surface area contributed by atoms with Crippen molar-refractivity contribution in [3.05, 3.63) is 53.5 Å². The van der Waals surface area contributed by atoms with Gasteiger partial charge in [0.1, 0.15) is 0 Å². The summed E-state index contributed by atoms with van der Waals surface area (Å²) in [5.74, 6) is -1.51. The van der Waals surface area contributed by atoms with Crippen LogP contribution in [0.2, 0.25) is 0 Å². The Labute approximate surface area is 193 Å². The summed E-state index contributed by atoms with van der Waals surface area (Å²) in [4.78, 5) is 39.2. The van der Waals surface area contributed by atoms with Gasteiger partial charge in [0, 0.05) is 17.8 Å². The topological polar surface area (TPSA) is 123 Å². The van der Waals surface area contributed by atoms with Crippen molar-refractivity contribution in [3.8, 4) is 0 Å². The monoisotopic (exact) mass is 476 g/mol. The molecule has 0 bridgehead atoms. The van der Waals surface area contributed by atoms with Gasteiger partial charge in [-0.3, -0.25) is 9.59 Å². The zero-order valence-electron chi connectivity index (χ0n) is 18.9. The average molecular weight is 477 g/mol. The van der Waals surface area contributed by atoms with E-state index in [4.69, 9.17) is 9.15 Å². The predicted molar refractivity (Wildman–Crippen MR) is 122 cm³/mol. The molecular formula is C23H28N2O7S. The van der Waals surface area contributed by atoms with E-state index in [-0.39, 0.29) is 28.9 Å². The van der Waals surface area contributed by atoms with Crippen molar-refractivity contribution in [2.45, 2.75) is 45.7 Å². The number of ether oxygens (including phenoxy) is 1. The third kappa shape index (κ3) is 6.01. The van der Waals surface area contributed by atoms with E-state index in [0.29, 0.717) is 18.5 Å². The second-order valence-corrected chi connectivity index (χ2v) is 10.4. The lowest BCUT2D eigenvalue weighted by atomic mass is 10.1. The molecule has 10 heteroatoms. The van der Waals surface area contributed by atoms with Crippen LogP contribution in [0.1, 0.15) is 53.2 Å². The first-order chi connectivity index (χ1) is 15.6. The molecule has 1 aromatic heterocycles. The number of carbonyl (C=O) groups excluding carboxylic acids is 3. The number of hydrogen-bond acceptors (Lipinski definition) is 7. The van der Waals surface area contributed by atoms with Gasteiger partial charge in [0.05, 0.1) is 23.3 Å². The molecule has 33 heavy (non-hydrogen) atoms. The Balaban J connectivity index is 1.66. The Kier molecular flexibility index (Phi) is 7.57. The lowest BCUT2D eigenvalue weighted by molar-refractivity contribution is -0.138. The first kappa shape index (κ1) is 24.5. The van der Waals surface area contributed by atoms with Gasteiger partial charge in [-0.2, -0.15) is 0 Å². The molecule has 2 amide bonds. The highest BCUT2D eigenvalue weighted by Gasteiger charge is 2.36. The van der Waals surface area contributed by atoms with Gasteiger partial charge in [0.25, 0.3) is 11.8 Å². The Morgan fingerprint density at radius 2 is 2.03 bits per heavy atom. The van der Waals surface area contributed by atoms with Crippen LogP contribution in [0.3, 0.4) is 0 Å². The van der Waals surface area contributed by atoms with Crippen molar-refractivity contribution in [3.63, 3.8) is 0 Å². The highest BCUT2D eigenvalue weighted by Crippen LogP contribution is 2.22. The van der Waals surface area contributed by atoms with Crippen LogP contribution >= 0.6 is 0 Å². The number of nitrogens with zero attached hydrogens (tertiary/aromatic N) is 1. The highest BCUT2D eigenvalue weighted by atomic mass is 32.2. The Morgan fingerprint density at radius 1 is 1.27 bits per heavy atom. The Morgan fingerprint density at radius 3 is 2.64 bits per heavy atom. The second-order valence-electron chi connectivity index (χ2n) is 8.15. The first-order valence-electron chi connectivity index (χ1n) is 10.8. The standard InChI is InChI=1S/C23H28N2O7S/c1-4-16(3)25(18-9-11-33(29,30)14-18)21(26)13-32-23(28)17-8-7-15(2)19(12-17)24-22(27)20-6-5-10-31-20/h5-8,10,12,16,18H,4,9,11,13-14H2,1-3H3,(H,24,27)/t16-,18+/m1/s1. The largest absolute Gasteiger partial charge is 0.459 e. The number of esters is 1. The van der Waals surface area contributed by atoms with E-state index in [1.54, 1.807) is 25.1 Å². The van der Waals surface area contributed by atoms with Crippen molar-refractivity contribution in [2.75, 3.05) is 23.4 Å². The van der Waals surface area contributed by atoms with Crippen molar-refractivity contribution < 1.29 is 32.0 Å². The molecule has 0 unspecified atom stereocenters. The van der Waals surface area contributed by atoms with Gasteiger partial charge in [-0.15, -0.1) is 0 Å². The van der Waals surface area contributed by atoms with E-state index in [1.165, 1.54) is 23.3 Å². The summed E-state index contributed by atoms with van der Waals surface area (Å²) in [5.41, 5.74) is 1.31. The number of furan rings is 1. The summed E-state index contributed by atoms with van der Waals surface area (Å²) >= 11 is 0. The number of amides is 2. The van der Waals surface area contributed by atoms with Gasteiger partial charge in [0.15, 0.2) is 22.2 Å². The minimum atomic E-state index is -3.17. The fraction of sp³-hybridized carbons (Fsp3) is 0.435. The summed E-state index contributed by atoms with van der Waals surface area (Å²) in [5, 5.41) is 2.69. The number of aryl methyl sites for hydroxylation is 1. The molecule has 2 aromatic rings. The SMILES string of the molecule is CC[C@@H](C)N(C(=O)COC(=O)c1ccc(C)c(NC(=O)c2ccco2)c1)[C@H]1CCS(=O)(=O)C1.